The smallest absolute Gasteiger partial charge is 0.255 e. The Kier molecular flexibility index (Phi) is 4.49. The van der Waals surface area contributed by atoms with E-state index in [0.29, 0.717) is 12.1 Å². The van der Waals surface area contributed by atoms with Gasteiger partial charge in [-0.1, -0.05) is 0 Å². The Morgan fingerprint density at radius 1 is 1.50 bits per heavy atom. The van der Waals surface area contributed by atoms with Gasteiger partial charge in [-0.05, 0) is 26.8 Å². The molecule has 0 aliphatic heterocycles. The van der Waals surface area contributed by atoms with Crippen LogP contribution in [0.5, 0.6) is 0 Å². The van der Waals surface area contributed by atoms with E-state index in [9.17, 15) is 9.59 Å². The van der Waals surface area contributed by atoms with Crippen molar-refractivity contribution < 1.29 is 14.0 Å². The summed E-state index contributed by atoms with van der Waals surface area (Å²) in [5, 5.41) is 5.24. The lowest BCUT2D eigenvalue weighted by Gasteiger charge is -2.21. The van der Waals surface area contributed by atoms with Gasteiger partial charge in [0.05, 0.1) is 11.8 Å². The van der Waals surface area contributed by atoms with Crippen LogP contribution >= 0.6 is 0 Å². The fourth-order valence-electron chi connectivity index (χ4n) is 1.21. The van der Waals surface area contributed by atoms with Crippen LogP contribution in [0, 0.1) is 0 Å². The van der Waals surface area contributed by atoms with Gasteiger partial charge in [-0.25, -0.2) is 0 Å². The molecule has 1 heterocycles. The third-order valence-electron chi connectivity index (χ3n) is 2.24. The summed E-state index contributed by atoms with van der Waals surface area (Å²) in [5.41, 5.74) is 5.65. The Morgan fingerprint density at radius 2 is 2.17 bits per heavy atom. The topological polar surface area (TPSA) is 97.4 Å². The number of amides is 2. The van der Waals surface area contributed by atoms with E-state index in [0.717, 1.165) is 0 Å². The Bertz CT molecular complexity index is 407. The third kappa shape index (κ3) is 4.58. The molecule has 2 amide bonds. The second kappa shape index (κ2) is 5.68. The van der Waals surface area contributed by atoms with Crippen molar-refractivity contribution >= 4 is 11.8 Å². The molecule has 0 spiro atoms. The Hall–Kier alpha value is -1.82. The molecule has 1 aromatic heterocycles. The third-order valence-corrected chi connectivity index (χ3v) is 2.24. The SMILES string of the molecule is CC(NC(=O)c1ccoc1)C(=O)NCC(C)(C)N. The van der Waals surface area contributed by atoms with Crippen molar-refractivity contribution in [2.75, 3.05) is 6.54 Å². The lowest BCUT2D eigenvalue weighted by atomic mass is 10.1. The molecule has 18 heavy (non-hydrogen) atoms. The average Bonchev–Trinajstić information content (AvgIpc) is 2.77. The second-order valence-electron chi connectivity index (χ2n) is 4.91. The molecular weight excluding hydrogens is 234 g/mol. The van der Waals surface area contributed by atoms with E-state index in [1.807, 2.05) is 13.8 Å². The van der Waals surface area contributed by atoms with E-state index in [2.05, 4.69) is 10.6 Å². The van der Waals surface area contributed by atoms with E-state index in [4.69, 9.17) is 10.2 Å². The van der Waals surface area contributed by atoms with Gasteiger partial charge in [-0.2, -0.15) is 0 Å². The molecule has 0 saturated carbocycles. The molecule has 6 nitrogen and oxygen atoms in total. The number of nitrogens with one attached hydrogen (secondary N) is 2. The minimum atomic E-state index is -0.630. The Morgan fingerprint density at radius 3 is 2.67 bits per heavy atom. The van der Waals surface area contributed by atoms with Gasteiger partial charge in [0, 0.05) is 12.1 Å². The van der Waals surface area contributed by atoms with Crippen LogP contribution in [-0.4, -0.2) is 29.9 Å². The Balaban J connectivity index is 2.43. The maximum atomic E-state index is 11.7. The maximum absolute atomic E-state index is 11.7. The summed E-state index contributed by atoms with van der Waals surface area (Å²) < 4.78 is 4.79. The molecule has 1 unspecified atom stereocenters. The highest BCUT2D eigenvalue weighted by atomic mass is 16.3. The van der Waals surface area contributed by atoms with Gasteiger partial charge in [0.2, 0.25) is 5.91 Å². The standard InChI is InChI=1S/C12H19N3O3/c1-8(10(16)14-7-12(2,3)13)15-11(17)9-4-5-18-6-9/h4-6,8H,7,13H2,1-3H3,(H,14,16)(H,15,17). The second-order valence-corrected chi connectivity index (χ2v) is 4.91. The van der Waals surface area contributed by atoms with E-state index in [1.54, 1.807) is 6.92 Å². The molecule has 0 radical (unpaired) electrons. The summed E-state index contributed by atoms with van der Waals surface area (Å²) in [6, 6.07) is 0.901. The van der Waals surface area contributed by atoms with Crippen LogP contribution < -0.4 is 16.4 Å². The van der Waals surface area contributed by atoms with Crippen LogP contribution in [0.2, 0.25) is 0 Å². The Labute approximate surface area is 106 Å². The van der Waals surface area contributed by atoms with E-state index in [-0.39, 0.29) is 11.8 Å². The summed E-state index contributed by atoms with van der Waals surface area (Å²) in [4.78, 5) is 23.3. The normalized spacial score (nSPS) is 12.9. The van der Waals surface area contributed by atoms with Crippen molar-refractivity contribution in [3.63, 3.8) is 0 Å². The number of carbonyl (C=O) groups excluding carboxylic acids is 2. The quantitative estimate of drug-likeness (QED) is 0.700. The van der Waals surface area contributed by atoms with Gasteiger partial charge in [0.1, 0.15) is 12.3 Å². The summed E-state index contributed by atoms with van der Waals surface area (Å²) in [7, 11) is 0. The van der Waals surface area contributed by atoms with Crippen LogP contribution in [-0.2, 0) is 4.79 Å². The fourth-order valence-corrected chi connectivity index (χ4v) is 1.21. The molecule has 100 valence electrons. The minimum absolute atomic E-state index is 0.273. The van der Waals surface area contributed by atoms with Crippen LogP contribution in [0.4, 0.5) is 0 Å². The van der Waals surface area contributed by atoms with Crippen LogP contribution in [0.1, 0.15) is 31.1 Å². The lowest BCUT2D eigenvalue weighted by molar-refractivity contribution is -0.122. The lowest BCUT2D eigenvalue weighted by Crippen LogP contribution is -2.50. The van der Waals surface area contributed by atoms with Crippen molar-refractivity contribution in [3.8, 4) is 0 Å². The van der Waals surface area contributed by atoms with Crippen molar-refractivity contribution in [2.24, 2.45) is 5.73 Å². The van der Waals surface area contributed by atoms with E-state index >= 15 is 0 Å². The summed E-state index contributed by atoms with van der Waals surface area (Å²) in [6.45, 7) is 5.57. The number of nitrogens with two attached hydrogens (primary N) is 1. The summed E-state index contributed by atoms with van der Waals surface area (Å²) in [6.07, 6.45) is 2.72. The number of hydrogen-bond donors (Lipinski definition) is 3. The van der Waals surface area contributed by atoms with E-state index < -0.39 is 11.6 Å². The van der Waals surface area contributed by atoms with Crippen molar-refractivity contribution in [1.82, 2.24) is 10.6 Å². The highest BCUT2D eigenvalue weighted by Crippen LogP contribution is 2.00. The number of furan rings is 1. The predicted octanol–water partition coefficient (Wildman–Crippen LogP) is 0.251. The van der Waals surface area contributed by atoms with Crippen molar-refractivity contribution in [3.05, 3.63) is 24.2 Å². The zero-order chi connectivity index (χ0) is 13.8. The molecule has 0 fully saturated rings. The summed E-state index contributed by atoms with van der Waals surface area (Å²) in [5.74, 6) is -0.622. The van der Waals surface area contributed by atoms with Gasteiger partial charge in [-0.15, -0.1) is 0 Å². The highest BCUT2D eigenvalue weighted by molar-refractivity contribution is 5.97. The first-order valence-electron chi connectivity index (χ1n) is 5.69. The highest BCUT2D eigenvalue weighted by Gasteiger charge is 2.19. The first-order valence-corrected chi connectivity index (χ1v) is 5.69. The van der Waals surface area contributed by atoms with Crippen LogP contribution in [0.15, 0.2) is 23.0 Å². The van der Waals surface area contributed by atoms with Gasteiger partial charge < -0.3 is 20.8 Å². The molecule has 0 aromatic carbocycles. The first kappa shape index (κ1) is 14.2. The average molecular weight is 253 g/mol. The number of carbonyl (C=O) groups is 2. The van der Waals surface area contributed by atoms with Crippen LogP contribution in [0.3, 0.4) is 0 Å². The molecule has 1 aromatic rings. The van der Waals surface area contributed by atoms with E-state index in [1.165, 1.54) is 18.6 Å². The molecular formula is C12H19N3O3. The molecule has 0 aliphatic carbocycles. The zero-order valence-corrected chi connectivity index (χ0v) is 10.8. The van der Waals surface area contributed by atoms with Crippen molar-refractivity contribution in [1.29, 1.82) is 0 Å². The molecule has 0 aliphatic rings. The molecule has 1 rings (SSSR count). The molecule has 0 saturated heterocycles. The zero-order valence-electron chi connectivity index (χ0n) is 10.8. The van der Waals surface area contributed by atoms with Gasteiger partial charge in [0.15, 0.2) is 0 Å². The van der Waals surface area contributed by atoms with Crippen molar-refractivity contribution in [2.45, 2.75) is 32.4 Å². The maximum Gasteiger partial charge on any atom is 0.255 e. The number of rotatable bonds is 5. The predicted molar refractivity (Wildman–Crippen MR) is 66.9 cm³/mol. The molecule has 0 bridgehead atoms. The van der Waals surface area contributed by atoms with Gasteiger partial charge >= 0.3 is 0 Å². The van der Waals surface area contributed by atoms with Crippen LogP contribution in [0.25, 0.3) is 0 Å². The molecule has 6 heteroatoms. The minimum Gasteiger partial charge on any atom is -0.472 e. The van der Waals surface area contributed by atoms with Gasteiger partial charge in [-0.3, -0.25) is 9.59 Å². The fraction of sp³-hybridized carbons (Fsp3) is 0.500. The van der Waals surface area contributed by atoms with Gasteiger partial charge in [0.25, 0.3) is 5.91 Å². The first-order chi connectivity index (χ1) is 8.29. The largest absolute Gasteiger partial charge is 0.472 e. The molecule has 1 atom stereocenters. The molecule has 4 N–H and O–H groups in total. The number of hydrogen-bond acceptors (Lipinski definition) is 4. The summed E-state index contributed by atoms with van der Waals surface area (Å²) >= 11 is 0. The monoisotopic (exact) mass is 253 g/mol.